The van der Waals surface area contributed by atoms with Gasteiger partial charge in [0.2, 0.25) is 0 Å². The Morgan fingerprint density at radius 1 is 1.40 bits per heavy atom. The Kier molecular flexibility index (Phi) is 4.08. The van der Waals surface area contributed by atoms with E-state index in [1.807, 2.05) is 11.8 Å². The third-order valence-electron chi connectivity index (χ3n) is 4.37. The van der Waals surface area contributed by atoms with Crippen molar-refractivity contribution >= 4 is 17.2 Å². The van der Waals surface area contributed by atoms with Gasteiger partial charge in [0.05, 0.1) is 10.7 Å². The van der Waals surface area contributed by atoms with E-state index in [9.17, 15) is 4.79 Å². The maximum Gasteiger partial charge on any atom is 0.265 e. The van der Waals surface area contributed by atoms with E-state index in [0.717, 1.165) is 30.2 Å². The van der Waals surface area contributed by atoms with E-state index in [-0.39, 0.29) is 5.91 Å². The predicted octanol–water partition coefficient (Wildman–Crippen LogP) is 2.54. The zero-order valence-electron chi connectivity index (χ0n) is 12.3. The number of amides is 1. The fourth-order valence-corrected chi connectivity index (χ4v) is 4.43. The van der Waals surface area contributed by atoms with Crippen molar-refractivity contribution in [1.29, 1.82) is 0 Å². The van der Waals surface area contributed by atoms with Gasteiger partial charge in [0.25, 0.3) is 5.91 Å². The van der Waals surface area contributed by atoms with Crippen LogP contribution in [0.4, 0.5) is 0 Å². The Hall–Kier alpha value is -0.940. The molecule has 2 fully saturated rings. The summed E-state index contributed by atoms with van der Waals surface area (Å²) in [5, 5.41) is 4.56. The second kappa shape index (κ2) is 5.82. The van der Waals surface area contributed by atoms with Gasteiger partial charge in [-0.05, 0) is 26.7 Å². The summed E-state index contributed by atoms with van der Waals surface area (Å²) in [7, 11) is 0. The number of carbonyl (C=O) groups excluding carboxylic acids is 1. The van der Waals surface area contributed by atoms with Gasteiger partial charge in [-0.25, -0.2) is 4.98 Å². The molecule has 1 aromatic heterocycles. The van der Waals surface area contributed by atoms with Gasteiger partial charge in [-0.15, -0.1) is 11.3 Å². The standard InChI is InChI=1S/C15H23N3OS/c1-10-9-18(8-7-16-10)15(19)13-11(2)17-14(20-13)12-5-3-4-6-12/h10,12,16H,3-9H2,1-2H3/t10-/m0/s1. The van der Waals surface area contributed by atoms with Crippen LogP contribution in [0.1, 0.15) is 58.9 Å². The maximum absolute atomic E-state index is 12.7. The fraction of sp³-hybridized carbons (Fsp3) is 0.733. The molecule has 110 valence electrons. The quantitative estimate of drug-likeness (QED) is 0.911. The molecule has 1 atom stereocenters. The average molecular weight is 293 g/mol. The molecular weight excluding hydrogens is 270 g/mol. The molecule has 0 unspecified atom stereocenters. The molecule has 1 aromatic rings. The normalized spacial score (nSPS) is 24.3. The zero-order valence-corrected chi connectivity index (χ0v) is 13.1. The van der Waals surface area contributed by atoms with Crippen molar-refractivity contribution < 1.29 is 4.79 Å². The highest BCUT2D eigenvalue weighted by Gasteiger charge is 2.27. The third-order valence-corrected chi connectivity index (χ3v) is 5.68. The van der Waals surface area contributed by atoms with Gasteiger partial charge < -0.3 is 10.2 Å². The van der Waals surface area contributed by atoms with Crippen LogP contribution in [0.15, 0.2) is 0 Å². The Morgan fingerprint density at radius 3 is 2.85 bits per heavy atom. The molecule has 1 aliphatic carbocycles. The highest BCUT2D eigenvalue weighted by atomic mass is 32.1. The number of hydrogen-bond acceptors (Lipinski definition) is 4. The second-order valence-electron chi connectivity index (χ2n) is 6.05. The summed E-state index contributed by atoms with van der Waals surface area (Å²) in [5.74, 6) is 0.778. The molecule has 4 nitrogen and oxygen atoms in total. The molecule has 2 aliphatic rings. The van der Waals surface area contributed by atoms with E-state index >= 15 is 0 Å². The minimum absolute atomic E-state index is 0.178. The summed E-state index contributed by atoms with van der Waals surface area (Å²) in [4.78, 5) is 20.2. The van der Waals surface area contributed by atoms with E-state index < -0.39 is 0 Å². The highest BCUT2D eigenvalue weighted by molar-refractivity contribution is 7.13. The number of hydrogen-bond donors (Lipinski definition) is 1. The molecule has 1 saturated heterocycles. The summed E-state index contributed by atoms with van der Waals surface area (Å²) in [6.07, 6.45) is 5.10. The molecule has 1 saturated carbocycles. The molecule has 3 rings (SSSR count). The molecule has 0 radical (unpaired) electrons. The van der Waals surface area contributed by atoms with Crippen LogP contribution in [0, 0.1) is 6.92 Å². The van der Waals surface area contributed by atoms with Gasteiger partial charge in [0.15, 0.2) is 0 Å². The topological polar surface area (TPSA) is 45.2 Å². The molecule has 0 aromatic carbocycles. The average Bonchev–Trinajstić information content (AvgIpc) is 3.07. The number of nitrogens with zero attached hydrogens (tertiary/aromatic N) is 2. The number of rotatable bonds is 2. The lowest BCUT2D eigenvalue weighted by molar-refractivity contribution is 0.0713. The van der Waals surface area contributed by atoms with Crippen LogP contribution in [0.25, 0.3) is 0 Å². The Balaban J connectivity index is 1.77. The van der Waals surface area contributed by atoms with E-state index in [1.165, 1.54) is 30.7 Å². The molecule has 0 spiro atoms. The molecule has 5 heteroatoms. The summed E-state index contributed by atoms with van der Waals surface area (Å²) in [6.45, 7) is 6.60. The molecule has 1 N–H and O–H groups in total. The van der Waals surface area contributed by atoms with Gasteiger partial charge in [0.1, 0.15) is 4.88 Å². The largest absolute Gasteiger partial charge is 0.335 e. The van der Waals surface area contributed by atoms with Crippen molar-refractivity contribution in [2.24, 2.45) is 0 Å². The van der Waals surface area contributed by atoms with Crippen LogP contribution < -0.4 is 5.32 Å². The van der Waals surface area contributed by atoms with Crippen molar-refractivity contribution in [2.75, 3.05) is 19.6 Å². The number of thiazole rings is 1. The van der Waals surface area contributed by atoms with Crippen molar-refractivity contribution in [3.63, 3.8) is 0 Å². The first-order valence-electron chi connectivity index (χ1n) is 7.65. The van der Waals surface area contributed by atoms with Crippen LogP contribution in [-0.2, 0) is 0 Å². The van der Waals surface area contributed by atoms with Crippen LogP contribution in [-0.4, -0.2) is 41.5 Å². The zero-order chi connectivity index (χ0) is 14.1. The van der Waals surface area contributed by atoms with E-state index in [0.29, 0.717) is 12.0 Å². The molecule has 0 bridgehead atoms. The van der Waals surface area contributed by atoms with Crippen LogP contribution in [0.2, 0.25) is 0 Å². The number of aromatic nitrogens is 1. The lowest BCUT2D eigenvalue weighted by atomic mass is 10.1. The summed E-state index contributed by atoms with van der Waals surface area (Å²) in [5.41, 5.74) is 0.924. The van der Waals surface area contributed by atoms with Gasteiger partial charge in [-0.1, -0.05) is 12.8 Å². The minimum atomic E-state index is 0.178. The van der Waals surface area contributed by atoms with Crippen molar-refractivity contribution in [2.45, 2.75) is 51.5 Å². The molecule has 20 heavy (non-hydrogen) atoms. The molecular formula is C15H23N3OS. The molecule has 2 heterocycles. The monoisotopic (exact) mass is 293 g/mol. The molecule has 1 amide bonds. The third kappa shape index (κ3) is 2.74. The summed E-state index contributed by atoms with van der Waals surface area (Å²) < 4.78 is 0. The summed E-state index contributed by atoms with van der Waals surface area (Å²) in [6, 6.07) is 0.384. The van der Waals surface area contributed by atoms with Gasteiger partial charge in [-0.2, -0.15) is 0 Å². The van der Waals surface area contributed by atoms with Gasteiger partial charge >= 0.3 is 0 Å². The summed E-state index contributed by atoms with van der Waals surface area (Å²) >= 11 is 1.64. The van der Waals surface area contributed by atoms with Crippen molar-refractivity contribution in [3.8, 4) is 0 Å². The van der Waals surface area contributed by atoms with Crippen LogP contribution in [0.3, 0.4) is 0 Å². The lowest BCUT2D eigenvalue weighted by Crippen LogP contribution is -2.51. The Bertz CT molecular complexity index is 493. The number of piperazine rings is 1. The SMILES string of the molecule is Cc1nc(C2CCCC2)sc1C(=O)N1CCN[C@@H](C)C1. The number of aryl methyl sites for hydroxylation is 1. The molecule has 1 aliphatic heterocycles. The minimum Gasteiger partial charge on any atom is -0.335 e. The van der Waals surface area contributed by atoms with Crippen LogP contribution >= 0.6 is 11.3 Å². The van der Waals surface area contributed by atoms with Crippen molar-refractivity contribution in [3.05, 3.63) is 15.6 Å². The number of carbonyl (C=O) groups is 1. The maximum atomic E-state index is 12.7. The highest BCUT2D eigenvalue weighted by Crippen LogP contribution is 2.37. The van der Waals surface area contributed by atoms with Crippen molar-refractivity contribution in [1.82, 2.24) is 15.2 Å². The lowest BCUT2D eigenvalue weighted by Gasteiger charge is -2.31. The Labute approximate surface area is 124 Å². The van der Waals surface area contributed by atoms with E-state index in [1.54, 1.807) is 11.3 Å². The predicted molar refractivity (Wildman–Crippen MR) is 81.4 cm³/mol. The first kappa shape index (κ1) is 14.0. The smallest absolute Gasteiger partial charge is 0.265 e. The first-order valence-corrected chi connectivity index (χ1v) is 8.47. The number of nitrogens with one attached hydrogen (secondary N) is 1. The van der Waals surface area contributed by atoms with Gasteiger partial charge in [-0.3, -0.25) is 4.79 Å². The van der Waals surface area contributed by atoms with Crippen LogP contribution in [0.5, 0.6) is 0 Å². The van der Waals surface area contributed by atoms with Gasteiger partial charge in [0, 0.05) is 31.6 Å². The fourth-order valence-electron chi connectivity index (χ4n) is 3.22. The Morgan fingerprint density at radius 2 is 2.15 bits per heavy atom. The first-order chi connectivity index (χ1) is 9.65. The van der Waals surface area contributed by atoms with E-state index in [2.05, 4.69) is 17.2 Å². The second-order valence-corrected chi connectivity index (χ2v) is 7.09. The van der Waals surface area contributed by atoms with E-state index in [4.69, 9.17) is 0 Å².